The number of nitrogens with zero attached hydrogens (tertiary/aromatic N) is 5. The number of piperidine rings is 3. The molecule has 1 aromatic carbocycles. The van der Waals surface area contributed by atoms with Crippen LogP contribution < -0.4 is 5.73 Å². The first kappa shape index (κ1) is 21.3. The fourth-order valence-corrected chi connectivity index (χ4v) is 6.78. The number of amides is 1. The van der Waals surface area contributed by atoms with Crippen molar-refractivity contribution in [2.24, 2.45) is 23.5 Å². The molecule has 0 unspecified atom stereocenters. The molecule has 1 saturated carbocycles. The van der Waals surface area contributed by atoms with Gasteiger partial charge in [0.05, 0.1) is 6.04 Å². The van der Waals surface area contributed by atoms with Crippen LogP contribution in [0.4, 0.5) is 0 Å². The van der Waals surface area contributed by atoms with Gasteiger partial charge >= 0.3 is 0 Å². The van der Waals surface area contributed by atoms with Crippen molar-refractivity contribution >= 4 is 5.91 Å². The molecular formula is C26H36N6O. The lowest BCUT2D eigenvalue weighted by molar-refractivity contribution is -0.140. The Morgan fingerprint density at radius 2 is 1.82 bits per heavy atom. The van der Waals surface area contributed by atoms with E-state index in [0.717, 1.165) is 30.6 Å². The number of hydrogen-bond donors (Lipinski definition) is 1. The molecule has 3 aliphatic heterocycles. The largest absolute Gasteiger partial charge is 0.340 e. The van der Waals surface area contributed by atoms with Gasteiger partial charge in [-0.25, -0.2) is 9.67 Å². The van der Waals surface area contributed by atoms with Gasteiger partial charge in [-0.3, -0.25) is 9.69 Å². The van der Waals surface area contributed by atoms with Crippen molar-refractivity contribution in [3.63, 3.8) is 0 Å². The fourth-order valence-electron chi connectivity index (χ4n) is 6.78. The van der Waals surface area contributed by atoms with E-state index in [0.29, 0.717) is 29.5 Å². The second-order valence-electron chi connectivity index (χ2n) is 10.9. The molecule has 0 radical (unpaired) electrons. The van der Waals surface area contributed by atoms with Crippen LogP contribution in [0.15, 0.2) is 30.3 Å². The predicted octanol–water partition coefficient (Wildman–Crippen LogP) is 3.08. The summed E-state index contributed by atoms with van der Waals surface area (Å²) in [7, 11) is 0. The van der Waals surface area contributed by atoms with Crippen molar-refractivity contribution in [2.45, 2.75) is 70.1 Å². The highest BCUT2D eigenvalue weighted by Crippen LogP contribution is 2.46. The summed E-state index contributed by atoms with van der Waals surface area (Å²) in [6, 6.07) is 11.1. The number of carbonyl (C=O) groups is 1. The number of benzene rings is 1. The van der Waals surface area contributed by atoms with Crippen LogP contribution in [0.25, 0.3) is 11.4 Å². The maximum absolute atomic E-state index is 13.4. The lowest BCUT2D eigenvalue weighted by atomic mass is 9.74. The number of rotatable bonds is 5. The molecule has 3 saturated heterocycles. The van der Waals surface area contributed by atoms with Crippen LogP contribution in [0, 0.1) is 17.8 Å². The van der Waals surface area contributed by atoms with Crippen molar-refractivity contribution in [3.8, 4) is 11.4 Å². The van der Waals surface area contributed by atoms with Crippen LogP contribution >= 0.6 is 0 Å². The molecule has 2 N–H and O–H groups in total. The molecule has 0 spiro atoms. The van der Waals surface area contributed by atoms with E-state index in [1.54, 1.807) is 4.68 Å². The maximum atomic E-state index is 13.4. The van der Waals surface area contributed by atoms with Gasteiger partial charge in [-0.1, -0.05) is 36.8 Å². The summed E-state index contributed by atoms with van der Waals surface area (Å²) in [6.45, 7) is 5.07. The van der Waals surface area contributed by atoms with Crippen LogP contribution in [0.2, 0.25) is 0 Å². The first-order valence-corrected chi connectivity index (χ1v) is 12.9. The Hall–Kier alpha value is -2.25. The Morgan fingerprint density at radius 3 is 2.55 bits per heavy atom. The Morgan fingerprint density at radius 1 is 1.06 bits per heavy atom. The molecule has 5 atom stereocenters. The summed E-state index contributed by atoms with van der Waals surface area (Å²) in [5, 5.41) is 4.68. The summed E-state index contributed by atoms with van der Waals surface area (Å²) in [5.74, 6) is 3.63. The Bertz CT molecular complexity index is 999. The molecule has 4 aliphatic rings. The fraction of sp³-hybridized carbons (Fsp3) is 0.654. The summed E-state index contributed by atoms with van der Waals surface area (Å²) in [6.07, 6.45) is 8.20. The molecule has 176 valence electrons. The summed E-state index contributed by atoms with van der Waals surface area (Å²) < 4.78 is 1.73. The Labute approximate surface area is 196 Å². The summed E-state index contributed by atoms with van der Waals surface area (Å²) >= 11 is 0. The molecule has 4 heterocycles. The molecular weight excluding hydrogens is 412 g/mol. The normalized spacial score (nSPS) is 30.7. The van der Waals surface area contributed by atoms with Crippen molar-refractivity contribution < 1.29 is 4.79 Å². The molecule has 7 nitrogen and oxygen atoms in total. The van der Waals surface area contributed by atoms with Crippen LogP contribution in [0.1, 0.15) is 57.3 Å². The monoisotopic (exact) mass is 448 g/mol. The first-order valence-electron chi connectivity index (χ1n) is 12.9. The standard InChI is InChI=1S/C26H36N6O/c1-17(27)26-28-25(20-6-3-2-4-7-20)29-32(26)16-24(33)30-13-18-12-21(15-30)23-9-5-8-22(19-10-11-19)31(23)14-18/h2-4,6-7,17-19,21-23H,5,8-16,27H2,1H3/t17-,18-,21+,22+,23-/m0/s1. The van der Waals surface area contributed by atoms with E-state index in [4.69, 9.17) is 5.73 Å². The maximum Gasteiger partial charge on any atom is 0.244 e. The molecule has 4 fully saturated rings. The topological polar surface area (TPSA) is 80.3 Å². The van der Waals surface area contributed by atoms with Gasteiger partial charge in [0.2, 0.25) is 5.91 Å². The number of hydrogen-bond acceptors (Lipinski definition) is 5. The van der Waals surface area contributed by atoms with Gasteiger partial charge in [-0.05, 0) is 56.8 Å². The molecule has 33 heavy (non-hydrogen) atoms. The van der Waals surface area contributed by atoms with E-state index in [9.17, 15) is 4.79 Å². The van der Waals surface area contributed by atoms with Crippen LogP contribution in [-0.4, -0.2) is 62.2 Å². The summed E-state index contributed by atoms with van der Waals surface area (Å²) in [5.41, 5.74) is 7.14. The second-order valence-corrected chi connectivity index (χ2v) is 10.9. The van der Waals surface area contributed by atoms with Gasteiger partial charge in [0, 0.05) is 37.3 Å². The minimum absolute atomic E-state index is 0.152. The van der Waals surface area contributed by atoms with E-state index < -0.39 is 0 Å². The first-order chi connectivity index (χ1) is 16.1. The zero-order valence-electron chi connectivity index (χ0n) is 19.6. The third-order valence-corrected chi connectivity index (χ3v) is 8.38. The zero-order valence-corrected chi connectivity index (χ0v) is 19.6. The average molecular weight is 449 g/mol. The quantitative estimate of drug-likeness (QED) is 0.760. The van der Waals surface area contributed by atoms with Gasteiger partial charge in [0.1, 0.15) is 12.4 Å². The number of carbonyl (C=O) groups excluding carboxylic acids is 1. The highest BCUT2D eigenvalue weighted by Gasteiger charge is 2.48. The van der Waals surface area contributed by atoms with Crippen molar-refractivity contribution in [2.75, 3.05) is 19.6 Å². The van der Waals surface area contributed by atoms with Gasteiger partial charge in [-0.15, -0.1) is 0 Å². The summed E-state index contributed by atoms with van der Waals surface area (Å²) in [4.78, 5) is 23.1. The molecule has 1 aliphatic carbocycles. The van der Waals surface area contributed by atoms with E-state index >= 15 is 0 Å². The average Bonchev–Trinajstić information content (AvgIpc) is 3.58. The highest BCUT2D eigenvalue weighted by molar-refractivity contribution is 5.76. The van der Waals surface area contributed by atoms with Gasteiger partial charge < -0.3 is 10.6 Å². The Balaban J connectivity index is 1.18. The molecule has 1 amide bonds. The minimum Gasteiger partial charge on any atom is -0.340 e. The third kappa shape index (κ3) is 4.10. The number of nitrogens with two attached hydrogens (primary N) is 1. The number of likely N-dealkylation sites (tertiary alicyclic amines) is 1. The SMILES string of the molecule is C[C@H](N)c1nc(-c2ccccc2)nn1CC(=O)N1C[C@@H]2C[C@H](C1)[C@@H]1CCC[C@H](C3CC3)N1C2. The molecule has 2 aromatic rings. The van der Waals surface area contributed by atoms with Gasteiger partial charge in [0.15, 0.2) is 5.82 Å². The second kappa shape index (κ2) is 8.51. The van der Waals surface area contributed by atoms with E-state index in [1.807, 2.05) is 37.3 Å². The van der Waals surface area contributed by atoms with Crippen LogP contribution in [0.3, 0.4) is 0 Å². The van der Waals surface area contributed by atoms with Crippen LogP contribution in [-0.2, 0) is 11.3 Å². The molecule has 1 aromatic heterocycles. The lowest BCUT2D eigenvalue weighted by Crippen LogP contribution is -2.62. The van der Waals surface area contributed by atoms with Crippen molar-refractivity contribution in [3.05, 3.63) is 36.2 Å². The highest BCUT2D eigenvalue weighted by atomic mass is 16.2. The number of aromatic nitrogens is 3. The van der Waals surface area contributed by atoms with Gasteiger partial charge in [0.25, 0.3) is 0 Å². The zero-order chi connectivity index (χ0) is 22.5. The van der Waals surface area contributed by atoms with Crippen molar-refractivity contribution in [1.29, 1.82) is 0 Å². The molecule has 2 bridgehead atoms. The third-order valence-electron chi connectivity index (χ3n) is 8.38. The molecule has 6 rings (SSSR count). The lowest BCUT2D eigenvalue weighted by Gasteiger charge is -2.55. The van der Waals surface area contributed by atoms with E-state index in [2.05, 4.69) is 19.9 Å². The Kier molecular flexibility index (Phi) is 5.49. The molecule has 7 heteroatoms. The van der Waals surface area contributed by atoms with E-state index in [1.165, 1.54) is 45.1 Å². The van der Waals surface area contributed by atoms with Gasteiger partial charge in [-0.2, -0.15) is 5.10 Å². The van der Waals surface area contributed by atoms with Crippen molar-refractivity contribution in [1.82, 2.24) is 24.6 Å². The minimum atomic E-state index is -0.279. The van der Waals surface area contributed by atoms with E-state index in [-0.39, 0.29) is 18.5 Å². The smallest absolute Gasteiger partial charge is 0.244 e. The van der Waals surface area contributed by atoms with Crippen LogP contribution in [0.5, 0.6) is 0 Å². The predicted molar refractivity (Wildman–Crippen MR) is 127 cm³/mol. The number of fused-ring (bicyclic) bond motifs is 4.